The molecule has 34 heavy (non-hydrogen) atoms. The summed E-state index contributed by atoms with van der Waals surface area (Å²) in [4.78, 5) is 15.0. The molecule has 0 bridgehead atoms. The summed E-state index contributed by atoms with van der Waals surface area (Å²) in [6.45, 7) is 7.93. The third-order valence-electron chi connectivity index (χ3n) is 7.51. The number of carbonyl (C=O) groups is 1. The fourth-order valence-corrected chi connectivity index (χ4v) is 6.40. The Labute approximate surface area is 214 Å². The number of piperidine rings is 1. The lowest BCUT2D eigenvalue weighted by Crippen LogP contribution is -2.62. The Hall–Kier alpha value is -1.44. The quantitative estimate of drug-likeness (QED) is 0.311. The standard InChI is InChI=1S/C26H33Cl2NO4S/c1-5-22(6-2)29-24(16-30)26(4,17(3)33-34(31)32)15-23(19-8-7-9-21(28)14-19)25(29)18-10-12-20(27)13-11-18/h7-14,16-17,22-25,34H,5-6,15H2,1-4H3. The number of halogens is 2. The van der Waals surface area contributed by atoms with Crippen LogP contribution in [0.1, 0.15) is 70.0 Å². The van der Waals surface area contributed by atoms with E-state index in [0.29, 0.717) is 16.5 Å². The van der Waals surface area contributed by atoms with Crippen LogP contribution in [0.4, 0.5) is 0 Å². The molecule has 186 valence electrons. The number of nitrogens with zero attached hydrogens (tertiary/aromatic N) is 1. The van der Waals surface area contributed by atoms with Crippen LogP contribution in [0, 0.1) is 5.41 Å². The summed E-state index contributed by atoms with van der Waals surface area (Å²) in [5.41, 5.74) is 1.34. The van der Waals surface area contributed by atoms with Gasteiger partial charge in [0.1, 0.15) is 6.29 Å². The zero-order valence-corrected chi connectivity index (χ0v) is 22.4. The summed E-state index contributed by atoms with van der Waals surface area (Å²) in [6.07, 6.45) is 2.51. The van der Waals surface area contributed by atoms with Crippen molar-refractivity contribution in [3.05, 3.63) is 69.7 Å². The van der Waals surface area contributed by atoms with Gasteiger partial charge in [0.05, 0.1) is 12.1 Å². The molecule has 1 saturated heterocycles. The maximum atomic E-state index is 12.8. The second-order valence-corrected chi connectivity index (χ2v) is 10.9. The van der Waals surface area contributed by atoms with E-state index in [-0.39, 0.29) is 18.0 Å². The molecule has 2 aromatic rings. The summed E-state index contributed by atoms with van der Waals surface area (Å²) in [5, 5.41) is 1.28. The Morgan fingerprint density at radius 2 is 1.74 bits per heavy atom. The van der Waals surface area contributed by atoms with Gasteiger partial charge in [-0.25, -0.2) is 8.42 Å². The van der Waals surface area contributed by atoms with E-state index in [4.69, 9.17) is 27.4 Å². The van der Waals surface area contributed by atoms with Crippen LogP contribution in [0.25, 0.3) is 0 Å². The van der Waals surface area contributed by atoms with Crippen LogP contribution in [0.15, 0.2) is 48.5 Å². The topological polar surface area (TPSA) is 63.7 Å². The second kappa shape index (κ2) is 11.5. The van der Waals surface area contributed by atoms with E-state index in [9.17, 15) is 13.2 Å². The van der Waals surface area contributed by atoms with Crippen LogP contribution in [-0.2, 0) is 20.0 Å². The monoisotopic (exact) mass is 525 g/mol. The van der Waals surface area contributed by atoms with Crippen molar-refractivity contribution in [1.82, 2.24) is 4.90 Å². The number of rotatable bonds is 9. The molecule has 5 unspecified atom stereocenters. The molecule has 1 fully saturated rings. The van der Waals surface area contributed by atoms with Crippen molar-refractivity contribution in [2.45, 2.75) is 77.1 Å². The van der Waals surface area contributed by atoms with Gasteiger partial charge in [0, 0.05) is 33.5 Å². The van der Waals surface area contributed by atoms with Gasteiger partial charge in [0.2, 0.25) is 0 Å². The first-order valence-corrected chi connectivity index (χ1v) is 13.6. The van der Waals surface area contributed by atoms with Crippen LogP contribution in [0.2, 0.25) is 10.0 Å². The number of thiol groups is 1. The SMILES string of the molecule is CCC(CC)N1C(c2ccc(Cl)cc2)C(c2cccc(Cl)c2)CC(C)(C(C)O[SH](=O)=O)C1C=O. The highest BCUT2D eigenvalue weighted by Crippen LogP contribution is 2.54. The number of hydrogen-bond donors (Lipinski definition) is 1. The Morgan fingerprint density at radius 3 is 2.26 bits per heavy atom. The highest BCUT2D eigenvalue weighted by molar-refractivity contribution is 7.67. The third kappa shape index (κ3) is 5.52. The van der Waals surface area contributed by atoms with E-state index >= 15 is 0 Å². The minimum atomic E-state index is -3.06. The molecule has 5 atom stereocenters. The number of aldehydes is 1. The van der Waals surface area contributed by atoms with Gasteiger partial charge in [-0.1, -0.05) is 68.2 Å². The minimum Gasteiger partial charge on any atom is -0.302 e. The van der Waals surface area contributed by atoms with Crippen LogP contribution >= 0.6 is 23.2 Å². The molecular weight excluding hydrogens is 493 g/mol. The molecule has 2 aromatic carbocycles. The van der Waals surface area contributed by atoms with E-state index in [0.717, 1.165) is 30.3 Å². The Kier molecular flexibility index (Phi) is 9.21. The zero-order chi connectivity index (χ0) is 25.0. The van der Waals surface area contributed by atoms with Crippen LogP contribution in [0.5, 0.6) is 0 Å². The van der Waals surface area contributed by atoms with Crippen molar-refractivity contribution in [1.29, 1.82) is 0 Å². The molecule has 0 amide bonds. The Morgan fingerprint density at radius 1 is 1.09 bits per heavy atom. The first kappa shape index (κ1) is 27.2. The van der Waals surface area contributed by atoms with Gasteiger partial charge in [-0.05, 0) is 61.6 Å². The highest BCUT2D eigenvalue weighted by Gasteiger charge is 2.54. The maximum Gasteiger partial charge on any atom is 0.257 e. The van der Waals surface area contributed by atoms with Gasteiger partial charge in [-0.3, -0.25) is 9.08 Å². The molecule has 0 radical (unpaired) electrons. The first-order valence-electron chi connectivity index (χ1n) is 11.7. The van der Waals surface area contributed by atoms with E-state index in [1.807, 2.05) is 55.5 Å². The van der Waals surface area contributed by atoms with E-state index in [2.05, 4.69) is 18.7 Å². The number of benzene rings is 2. The van der Waals surface area contributed by atoms with Gasteiger partial charge < -0.3 is 4.79 Å². The lowest BCUT2D eigenvalue weighted by Gasteiger charge is -2.57. The molecule has 3 rings (SSSR count). The molecule has 1 aliphatic rings. The summed E-state index contributed by atoms with van der Waals surface area (Å²) in [6, 6.07) is 15.0. The van der Waals surface area contributed by atoms with Crippen LogP contribution in [-0.4, -0.2) is 37.8 Å². The van der Waals surface area contributed by atoms with Crippen molar-refractivity contribution in [2.75, 3.05) is 0 Å². The third-order valence-corrected chi connectivity index (χ3v) is 8.49. The number of carbonyl (C=O) groups excluding carboxylic acids is 1. The lowest BCUT2D eigenvalue weighted by molar-refractivity contribution is -0.136. The van der Waals surface area contributed by atoms with E-state index < -0.39 is 28.5 Å². The van der Waals surface area contributed by atoms with Gasteiger partial charge in [0.25, 0.3) is 11.0 Å². The molecule has 0 aromatic heterocycles. The summed E-state index contributed by atoms with van der Waals surface area (Å²) in [5.74, 6) is -0.0581. The molecular formula is C26H33Cl2NO4S. The molecule has 1 aliphatic heterocycles. The lowest BCUT2D eigenvalue weighted by atomic mass is 9.62. The predicted molar refractivity (Wildman–Crippen MR) is 138 cm³/mol. The van der Waals surface area contributed by atoms with Crippen LogP contribution < -0.4 is 0 Å². The number of likely N-dealkylation sites (tertiary alicyclic amines) is 1. The van der Waals surface area contributed by atoms with Crippen molar-refractivity contribution in [2.24, 2.45) is 5.41 Å². The molecule has 0 N–H and O–H groups in total. The molecule has 8 heteroatoms. The largest absolute Gasteiger partial charge is 0.302 e. The normalized spacial score (nSPS) is 26.6. The molecule has 1 heterocycles. The van der Waals surface area contributed by atoms with Gasteiger partial charge in [0.15, 0.2) is 0 Å². The molecule has 0 spiro atoms. The van der Waals surface area contributed by atoms with Crippen molar-refractivity contribution in [3.8, 4) is 0 Å². The second-order valence-electron chi connectivity index (χ2n) is 9.34. The predicted octanol–water partition coefficient (Wildman–Crippen LogP) is 6.22. The fourth-order valence-electron chi connectivity index (χ4n) is 5.58. The van der Waals surface area contributed by atoms with Crippen LogP contribution in [0.3, 0.4) is 0 Å². The summed E-state index contributed by atoms with van der Waals surface area (Å²) >= 11 is 12.6. The molecule has 0 saturated carbocycles. The average Bonchev–Trinajstić information content (AvgIpc) is 2.80. The van der Waals surface area contributed by atoms with Crippen molar-refractivity contribution in [3.63, 3.8) is 0 Å². The Bertz CT molecular complexity index is 1050. The molecule has 0 aliphatic carbocycles. The fraction of sp³-hybridized carbons (Fsp3) is 0.500. The van der Waals surface area contributed by atoms with Crippen molar-refractivity contribution < 1.29 is 17.4 Å². The summed E-state index contributed by atoms with van der Waals surface area (Å²) < 4.78 is 28.3. The van der Waals surface area contributed by atoms with Gasteiger partial charge in [-0.2, -0.15) is 0 Å². The number of hydrogen-bond acceptors (Lipinski definition) is 5. The van der Waals surface area contributed by atoms with Gasteiger partial charge >= 0.3 is 0 Å². The van der Waals surface area contributed by atoms with E-state index in [1.54, 1.807) is 6.92 Å². The van der Waals surface area contributed by atoms with E-state index in [1.165, 1.54) is 0 Å². The highest BCUT2D eigenvalue weighted by atomic mass is 35.5. The summed E-state index contributed by atoms with van der Waals surface area (Å²) in [7, 11) is -3.06. The first-order chi connectivity index (χ1) is 16.2. The smallest absolute Gasteiger partial charge is 0.257 e. The average molecular weight is 527 g/mol. The minimum absolute atomic E-state index is 0.0581. The molecule has 5 nitrogen and oxygen atoms in total. The zero-order valence-electron chi connectivity index (χ0n) is 20.0. The Balaban J connectivity index is 2.27. The van der Waals surface area contributed by atoms with Crippen molar-refractivity contribution >= 4 is 40.5 Å². The maximum absolute atomic E-state index is 12.8. The van der Waals surface area contributed by atoms with Gasteiger partial charge in [-0.15, -0.1) is 0 Å².